The van der Waals surface area contributed by atoms with Crippen molar-refractivity contribution in [1.82, 2.24) is 0 Å². The fourth-order valence-corrected chi connectivity index (χ4v) is 3.74. The topological polar surface area (TPSA) is 29.1 Å². The summed E-state index contributed by atoms with van der Waals surface area (Å²) < 4.78 is 0. The average molecular weight is 264 g/mol. The average Bonchev–Trinajstić information content (AvgIpc) is 2.94. The molecule has 2 saturated carbocycles. The van der Waals surface area contributed by atoms with Crippen molar-refractivity contribution in [1.29, 1.82) is 0 Å². The van der Waals surface area contributed by atoms with E-state index in [4.69, 9.17) is 11.6 Å². The van der Waals surface area contributed by atoms with Crippen LogP contribution in [0.4, 0.5) is 5.69 Å². The van der Waals surface area contributed by atoms with Crippen LogP contribution in [0.15, 0.2) is 24.3 Å². The van der Waals surface area contributed by atoms with Crippen molar-refractivity contribution in [3.05, 3.63) is 29.3 Å². The number of nitrogens with one attached hydrogen (secondary N) is 1. The lowest BCUT2D eigenvalue weighted by atomic mass is 9.86. The fourth-order valence-electron chi connectivity index (χ4n) is 3.61. The molecule has 2 fully saturated rings. The first-order valence-electron chi connectivity index (χ1n) is 6.76. The first kappa shape index (κ1) is 12.0. The van der Waals surface area contributed by atoms with Gasteiger partial charge < -0.3 is 5.32 Å². The monoisotopic (exact) mass is 263 g/mol. The van der Waals surface area contributed by atoms with Gasteiger partial charge in [-0.3, -0.25) is 4.79 Å². The SMILES string of the molecule is O=C(C[C@@H]1C[C@H]2CC[C@@H]1C2)Nc1ccc(Cl)cc1. The lowest BCUT2D eigenvalue weighted by molar-refractivity contribution is -0.117. The van der Waals surface area contributed by atoms with Crippen LogP contribution in [0.5, 0.6) is 0 Å². The van der Waals surface area contributed by atoms with E-state index in [0.717, 1.165) is 17.5 Å². The van der Waals surface area contributed by atoms with Gasteiger partial charge >= 0.3 is 0 Å². The summed E-state index contributed by atoms with van der Waals surface area (Å²) >= 11 is 5.82. The summed E-state index contributed by atoms with van der Waals surface area (Å²) in [6.45, 7) is 0. The molecule has 96 valence electrons. The van der Waals surface area contributed by atoms with E-state index < -0.39 is 0 Å². The van der Waals surface area contributed by atoms with Crippen LogP contribution in [0.3, 0.4) is 0 Å². The Morgan fingerprint density at radius 2 is 2.00 bits per heavy atom. The lowest BCUT2D eigenvalue weighted by Crippen LogP contribution is -2.20. The van der Waals surface area contributed by atoms with E-state index in [1.54, 1.807) is 12.1 Å². The van der Waals surface area contributed by atoms with Crippen molar-refractivity contribution in [2.24, 2.45) is 17.8 Å². The Balaban J connectivity index is 1.54. The van der Waals surface area contributed by atoms with Crippen molar-refractivity contribution in [3.63, 3.8) is 0 Å². The number of rotatable bonds is 3. The van der Waals surface area contributed by atoms with Crippen molar-refractivity contribution >= 4 is 23.2 Å². The second-order valence-corrected chi connectivity index (χ2v) is 6.13. The van der Waals surface area contributed by atoms with E-state index in [2.05, 4.69) is 5.32 Å². The van der Waals surface area contributed by atoms with Crippen LogP contribution in [0, 0.1) is 17.8 Å². The summed E-state index contributed by atoms with van der Waals surface area (Å²) in [5.74, 6) is 2.49. The van der Waals surface area contributed by atoms with Crippen LogP contribution in [-0.2, 0) is 4.79 Å². The normalized spacial score (nSPS) is 29.5. The van der Waals surface area contributed by atoms with Gasteiger partial charge in [0.15, 0.2) is 0 Å². The van der Waals surface area contributed by atoms with Crippen LogP contribution in [0.2, 0.25) is 5.02 Å². The first-order chi connectivity index (χ1) is 8.70. The molecule has 0 heterocycles. The molecule has 0 unspecified atom stereocenters. The predicted molar refractivity (Wildman–Crippen MR) is 73.6 cm³/mol. The zero-order valence-corrected chi connectivity index (χ0v) is 11.1. The quantitative estimate of drug-likeness (QED) is 0.874. The molecule has 1 amide bonds. The standard InChI is InChI=1S/C15H18ClNO/c16-13-3-5-14(6-4-13)17-15(18)9-12-8-10-1-2-11(12)7-10/h3-6,10-12H,1-2,7-9H2,(H,17,18)/t10-,11+,12-/m0/s1. The van der Waals surface area contributed by atoms with Crippen LogP contribution in [0.1, 0.15) is 32.1 Å². The van der Waals surface area contributed by atoms with E-state index in [0.29, 0.717) is 17.4 Å². The minimum atomic E-state index is 0.148. The van der Waals surface area contributed by atoms with Gasteiger partial charge in [-0.2, -0.15) is 0 Å². The molecule has 2 aliphatic rings. The highest BCUT2D eigenvalue weighted by molar-refractivity contribution is 6.30. The number of amides is 1. The summed E-state index contributed by atoms with van der Waals surface area (Å²) in [6.07, 6.45) is 6.03. The maximum atomic E-state index is 12.0. The number of benzene rings is 1. The number of halogens is 1. The molecule has 0 aromatic heterocycles. The molecular formula is C15H18ClNO. The Kier molecular flexibility index (Phi) is 3.29. The van der Waals surface area contributed by atoms with Gasteiger partial charge in [-0.15, -0.1) is 0 Å². The van der Waals surface area contributed by atoms with Gasteiger partial charge in [0, 0.05) is 17.1 Å². The smallest absolute Gasteiger partial charge is 0.224 e. The minimum Gasteiger partial charge on any atom is -0.326 e. The molecule has 0 saturated heterocycles. The number of carbonyl (C=O) groups excluding carboxylic acids is 1. The maximum absolute atomic E-state index is 12.0. The third-order valence-corrected chi connectivity index (χ3v) is 4.71. The molecule has 3 atom stereocenters. The van der Waals surface area contributed by atoms with Gasteiger partial charge in [-0.05, 0) is 61.3 Å². The van der Waals surface area contributed by atoms with Crippen molar-refractivity contribution in [2.75, 3.05) is 5.32 Å². The van der Waals surface area contributed by atoms with E-state index in [1.165, 1.54) is 25.7 Å². The second kappa shape index (κ2) is 4.93. The predicted octanol–water partition coefficient (Wildman–Crippen LogP) is 4.10. The first-order valence-corrected chi connectivity index (χ1v) is 7.14. The zero-order valence-electron chi connectivity index (χ0n) is 10.4. The highest BCUT2D eigenvalue weighted by Crippen LogP contribution is 2.49. The summed E-state index contributed by atoms with van der Waals surface area (Å²) in [5.41, 5.74) is 0.840. The van der Waals surface area contributed by atoms with Gasteiger partial charge in [0.2, 0.25) is 5.91 Å². The summed E-state index contributed by atoms with van der Waals surface area (Å²) in [6, 6.07) is 7.30. The molecular weight excluding hydrogens is 246 g/mol. The van der Waals surface area contributed by atoms with Crippen molar-refractivity contribution in [2.45, 2.75) is 32.1 Å². The molecule has 18 heavy (non-hydrogen) atoms. The Morgan fingerprint density at radius 3 is 2.61 bits per heavy atom. The van der Waals surface area contributed by atoms with E-state index in [9.17, 15) is 4.79 Å². The molecule has 2 bridgehead atoms. The van der Waals surface area contributed by atoms with Gasteiger partial charge in [0.25, 0.3) is 0 Å². The highest BCUT2D eigenvalue weighted by atomic mass is 35.5. The number of hydrogen-bond donors (Lipinski definition) is 1. The molecule has 2 nitrogen and oxygen atoms in total. The molecule has 0 aliphatic heterocycles. The van der Waals surface area contributed by atoms with Crippen LogP contribution < -0.4 is 5.32 Å². The largest absolute Gasteiger partial charge is 0.326 e. The van der Waals surface area contributed by atoms with Gasteiger partial charge in [0.05, 0.1) is 0 Å². The molecule has 3 heteroatoms. The number of hydrogen-bond acceptors (Lipinski definition) is 1. The molecule has 1 N–H and O–H groups in total. The molecule has 1 aromatic carbocycles. The Morgan fingerprint density at radius 1 is 1.22 bits per heavy atom. The fraction of sp³-hybridized carbons (Fsp3) is 0.533. The molecule has 0 radical (unpaired) electrons. The Hall–Kier alpha value is -1.02. The summed E-state index contributed by atoms with van der Waals surface area (Å²) in [5, 5.41) is 3.65. The van der Waals surface area contributed by atoms with Crippen LogP contribution in [-0.4, -0.2) is 5.91 Å². The highest BCUT2D eigenvalue weighted by Gasteiger charge is 2.40. The van der Waals surface area contributed by atoms with E-state index in [-0.39, 0.29) is 5.91 Å². The van der Waals surface area contributed by atoms with Gasteiger partial charge in [0.1, 0.15) is 0 Å². The van der Waals surface area contributed by atoms with Crippen molar-refractivity contribution in [3.8, 4) is 0 Å². The lowest BCUT2D eigenvalue weighted by Gasteiger charge is -2.20. The van der Waals surface area contributed by atoms with E-state index >= 15 is 0 Å². The third kappa shape index (κ3) is 2.54. The Labute approximate surface area is 113 Å². The molecule has 0 spiro atoms. The second-order valence-electron chi connectivity index (χ2n) is 5.69. The molecule has 2 aliphatic carbocycles. The van der Waals surface area contributed by atoms with Gasteiger partial charge in [-0.25, -0.2) is 0 Å². The van der Waals surface area contributed by atoms with Crippen LogP contribution in [0.25, 0.3) is 0 Å². The van der Waals surface area contributed by atoms with Crippen LogP contribution >= 0.6 is 11.6 Å². The Bertz CT molecular complexity index is 442. The van der Waals surface area contributed by atoms with Crippen molar-refractivity contribution < 1.29 is 4.79 Å². The maximum Gasteiger partial charge on any atom is 0.224 e. The number of fused-ring (bicyclic) bond motifs is 2. The number of anilines is 1. The molecule has 3 rings (SSSR count). The minimum absolute atomic E-state index is 0.148. The third-order valence-electron chi connectivity index (χ3n) is 4.46. The summed E-state index contributed by atoms with van der Waals surface area (Å²) in [4.78, 5) is 12.0. The molecule has 1 aromatic rings. The summed E-state index contributed by atoms with van der Waals surface area (Å²) in [7, 11) is 0. The van der Waals surface area contributed by atoms with Gasteiger partial charge in [-0.1, -0.05) is 18.0 Å². The number of carbonyl (C=O) groups is 1. The zero-order chi connectivity index (χ0) is 12.5. The van der Waals surface area contributed by atoms with E-state index in [1.807, 2.05) is 12.1 Å².